The van der Waals surface area contributed by atoms with E-state index in [1.165, 1.54) is 0 Å². The molecule has 0 atom stereocenters. The van der Waals surface area contributed by atoms with Crippen LogP contribution in [0.4, 0.5) is 0 Å². The highest BCUT2D eigenvalue weighted by Crippen LogP contribution is 2.39. The van der Waals surface area contributed by atoms with Crippen molar-refractivity contribution in [3.63, 3.8) is 0 Å². The van der Waals surface area contributed by atoms with Crippen LogP contribution in [0.2, 0.25) is 0 Å². The van der Waals surface area contributed by atoms with Gasteiger partial charge in [0.05, 0.1) is 11.4 Å². The second kappa shape index (κ2) is 8.62. The first-order valence-corrected chi connectivity index (χ1v) is 10.8. The summed E-state index contributed by atoms with van der Waals surface area (Å²) in [5.74, 6) is 0.679. The van der Waals surface area contributed by atoms with Crippen molar-refractivity contribution in [1.29, 1.82) is 0 Å². The van der Waals surface area contributed by atoms with Gasteiger partial charge in [0.1, 0.15) is 5.69 Å². The predicted octanol–water partition coefficient (Wildman–Crippen LogP) is 7.30. The predicted molar refractivity (Wildman–Crippen MR) is 129 cm³/mol. The number of nitrogens with zero attached hydrogens (tertiary/aromatic N) is 3. The summed E-state index contributed by atoms with van der Waals surface area (Å²) in [5, 5.41) is 0. The molecule has 0 aliphatic heterocycles. The third-order valence-electron chi connectivity index (χ3n) is 5.03. The van der Waals surface area contributed by atoms with Crippen molar-refractivity contribution < 1.29 is 0 Å². The molecule has 31 heavy (non-hydrogen) atoms. The zero-order valence-electron chi connectivity index (χ0n) is 16.6. The van der Waals surface area contributed by atoms with Crippen LogP contribution >= 0.6 is 15.9 Å². The Bertz CT molecular complexity index is 1300. The van der Waals surface area contributed by atoms with Crippen molar-refractivity contribution in [3.8, 4) is 45.2 Å². The third-order valence-corrected chi connectivity index (χ3v) is 5.56. The number of halogens is 1. The Hall–Kier alpha value is -3.63. The molecule has 0 bridgehead atoms. The van der Waals surface area contributed by atoms with Gasteiger partial charge in [-0.15, -0.1) is 0 Å². The summed E-state index contributed by atoms with van der Waals surface area (Å²) < 4.78 is 1.03. The van der Waals surface area contributed by atoms with Crippen molar-refractivity contribution in [3.05, 3.63) is 114 Å². The molecule has 0 N–H and O–H groups in total. The first-order chi connectivity index (χ1) is 15.3. The van der Waals surface area contributed by atoms with Gasteiger partial charge in [-0.2, -0.15) is 0 Å². The molecule has 0 spiro atoms. The molecular weight excluding hydrogens is 446 g/mol. The van der Waals surface area contributed by atoms with Crippen molar-refractivity contribution in [2.75, 3.05) is 0 Å². The zero-order valence-corrected chi connectivity index (χ0v) is 18.2. The van der Waals surface area contributed by atoms with E-state index in [0.29, 0.717) is 5.82 Å². The Morgan fingerprint density at radius 2 is 1.13 bits per heavy atom. The summed E-state index contributed by atoms with van der Waals surface area (Å²) in [6.07, 6.45) is 1.80. The SMILES string of the molecule is Brc1ccc(-c2nc(-c3ccccc3)nc(-c3ccccn3)c2-c2ccccc2)cc1. The first-order valence-electron chi connectivity index (χ1n) is 10.00. The first kappa shape index (κ1) is 19.3. The molecule has 0 aliphatic carbocycles. The monoisotopic (exact) mass is 463 g/mol. The molecule has 2 aromatic heterocycles. The van der Waals surface area contributed by atoms with Crippen LogP contribution in [0.25, 0.3) is 45.2 Å². The summed E-state index contributed by atoms with van der Waals surface area (Å²) in [7, 11) is 0. The summed E-state index contributed by atoms with van der Waals surface area (Å²) >= 11 is 3.54. The van der Waals surface area contributed by atoms with E-state index < -0.39 is 0 Å². The van der Waals surface area contributed by atoms with Gasteiger partial charge >= 0.3 is 0 Å². The Morgan fingerprint density at radius 1 is 0.516 bits per heavy atom. The second-order valence-electron chi connectivity index (χ2n) is 7.07. The van der Waals surface area contributed by atoms with Crippen LogP contribution < -0.4 is 0 Å². The fourth-order valence-corrected chi connectivity index (χ4v) is 3.82. The highest BCUT2D eigenvalue weighted by atomic mass is 79.9. The van der Waals surface area contributed by atoms with Crippen molar-refractivity contribution in [2.45, 2.75) is 0 Å². The number of benzene rings is 3. The molecule has 4 heteroatoms. The number of pyridine rings is 1. The standard InChI is InChI=1S/C27H18BrN3/c28-22-16-14-20(15-17-22)25-24(19-9-3-1-4-10-19)26(23-13-7-8-18-29-23)31-27(30-25)21-11-5-2-6-12-21/h1-18H. The average molecular weight is 464 g/mol. The molecule has 0 radical (unpaired) electrons. The Balaban J connectivity index is 1.87. The van der Waals surface area contributed by atoms with Gasteiger partial charge in [-0.05, 0) is 29.8 Å². The maximum Gasteiger partial charge on any atom is 0.160 e. The average Bonchev–Trinajstić information content (AvgIpc) is 2.85. The van der Waals surface area contributed by atoms with Gasteiger partial charge < -0.3 is 0 Å². The Kier molecular flexibility index (Phi) is 5.38. The maximum absolute atomic E-state index is 5.05. The van der Waals surface area contributed by atoms with Gasteiger partial charge in [0.15, 0.2) is 5.82 Å². The second-order valence-corrected chi connectivity index (χ2v) is 7.99. The van der Waals surface area contributed by atoms with Crippen LogP contribution in [-0.2, 0) is 0 Å². The molecule has 5 aromatic rings. The van der Waals surface area contributed by atoms with Gasteiger partial charge in [0, 0.05) is 27.4 Å². The largest absolute Gasteiger partial charge is 0.255 e. The summed E-state index contributed by atoms with van der Waals surface area (Å²) in [4.78, 5) is 14.7. The molecule has 3 aromatic carbocycles. The molecule has 0 saturated heterocycles. The number of rotatable bonds is 4. The maximum atomic E-state index is 5.05. The number of aromatic nitrogens is 3. The molecule has 0 saturated carbocycles. The van der Waals surface area contributed by atoms with Crippen molar-refractivity contribution in [2.24, 2.45) is 0 Å². The lowest BCUT2D eigenvalue weighted by Crippen LogP contribution is -2.01. The zero-order chi connectivity index (χ0) is 21.0. The van der Waals surface area contributed by atoms with E-state index >= 15 is 0 Å². The lowest BCUT2D eigenvalue weighted by atomic mass is 9.95. The smallest absolute Gasteiger partial charge is 0.160 e. The Labute approximate surface area is 189 Å². The summed E-state index contributed by atoms with van der Waals surface area (Å²) in [6.45, 7) is 0. The normalized spacial score (nSPS) is 10.7. The fourth-order valence-electron chi connectivity index (χ4n) is 3.56. The van der Waals surface area contributed by atoms with E-state index in [1.54, 1.807) is 6.20 Å². The van der Waals surface area contributed by atoms with E-state index in [2.05, 4.69) is 45.2 Å². The highest BCUT2D eigenvalue weighted by Gasteiger charge is 2.20. The highest BCUT2D eigenvalue weighted by molar-refractivity contribution is 9.10. The van der Waals surface area contributed by atoms with Gasteiger partial charge in [-0.3, -0.25) is 4.98 Å². The lowest BCUT2D eigenvalue weighted by molar-refractivity contribution is 1.16. The van der Waals surface area contributed by atoms with Gasteiger partial charge in [0.2, 0.25) is 0 Å². The van der Waals surface area contributed by atoms with Gasteiger partial charge in [-0.1, -0.05) is 94.8 Å². The number of hydrogen-bond donors (Lipinski definition) is 0. The van der Waals surface area contributed by atoms with E-state index in [0.717, 1.165) is 43.8 Å². The summed E-state index contributed by atoms with van der Waals surface area (Å²) in [5.41, 5.74) is 6.55. The van der Waals surface area contributed by atoms with Crippen LogP contribution in [0, 0.1) is 0 Å². The Morgan fingerprint density at radius 3 is 1.77 bits per heavy atom. The van der Waals surface area contributed by atoms with Crippen LogP contribution in [0.5, 0.6) is 0 Å². The third kappa shape index (κ3) is 4.03. The molecule has 0 fully saturated rings. The van der Waals surface area contributed by atoms with Crippen LogP contribution in [0.15, 0.2) is 114 Å². The lowest BCUT2D eigenvalue weighted by Gasteiger charge is -2.16. The minimum Gasteiger partial charge on any atom is -0.255 e. The minimum absolute atomic E-state index is 0.679. The van der Waals surface area contributed by atoms with Crippen LogP contribution in [0.1, 0.15) is 0 Å². The van der Waals surface area contributed by atoms with E-state index in [1.807, 2.05) is 78.9 Å². The molecule has 5 rings (SSSR count). The van der Waals surface area contributed by atoms with E-state index in [4.69, 9.17) is 9.97 Å². The van der Waals surface area contributed by atoms with Crippen LogP contribution in [-0.4, -0.2) is 15.0 Å². The van der Waals surface area contributed by atoms with E-state index in [9.17, 15) is 0 Å². The van der Waals surface area contributed by atoms with Crippen LogP contribution in [0.3, 0.4) is 0 Å². The van der Waals surface area contributed by atoms with E-state index in [-0.39, 0.29) is 0 Å². The van der Waals surface area contributed by atoms with Gasteiger partial charge in [-0.25, -0.2) is 9.97 Å². The summed E-state index contributed by atoms with van der Waals surface area (Å²) in [6, 6.07) is 34.5. The quantitative estimate of drug-likeness (QED) is 0.280. The van der Waals surface area contributed by atoms with Gasteiger partial charge in [0.25, 0.3) is 0 Å². The minimum atomic E-state index is 0.679. The molecular formula is C27H18BrN3. The van der Waals surface area contributed by atoms with Crippen molar-refractivity contribution >= 4 is 15.9 Å². The molecule has 0 aliphatic rings. The van der Waals surface area contributed by atoms with Crippen molar-refractivity contribution in [1.82, 2.24) is 15.0 Å². The molecule has 2 heterocycles. The molecule has 148 valence electrons. The topological polar surface area (TPSA) is 38.7 Å². The molecule has 0 unspecified atom stereocenters. The molecule has 3 nitrogen and oxygen atoms in total. The number of hydrogen-bond acceptors (Lipinski definition) is 3. The molecule has 0 amide bonds. The fraction of sp³-hybridized carbons (Fsp3) is 0.